The number of hydrogen-bond donors (Lipinski definition) is 1. The summed E-state index contributed by atoms with van der Waals surface area (Å²) in [6, 6.07) is 0. The molecule has 1 unspecified atom stereocenters. The van der Waals surface area contributed by atoms with Crippen LogP contribution in [0, 0.1) is 0 Å². The Morgan fingerprint density at radius 3 is 2.61 bits per heavy atom. The van der Waals surface area contributed by atoms with Crippen molar-refractivity contribution in [2.75, 3.05) is 6.26 Å². The van der Waals surface area contributed by atoms with Crippen LogP contribution in [0.4, 0.5) is 0 Å². The van der Waals surface area contributed by atoms with Gasteiger partial charge in [0.2, 0.25) is 11.8 Å². The number of carbonyl (C=O) groups is 1. The topological polar surface area (TPSA) is 110 Å². The zero-order chi connectivity index (χ0) is 13.8. The van der Waals surface area contributed by atoms with E-state index in [4.69, 9.17) is 9.52 Å². The van der Waals surface area contributed by atoms with Gasteiger partial charge in [-0.3, -0.25) is 4.79 Å². The summed E-state index contributed by atoms with van der Waals surface area (Å²) in [7, 11) is -3.25. The molecule has 1 rings (SSSR count). The highest BCUT2D eigenvalue weighted by atomic mass is 32.2. The summed E-state index contributed by atoms with van der Waals surface area (Å²) in [5, 5.41) is 15.1. The second kappa shape index (κ2) is 5.94. The predicted octanol–water partition coefficient (Wildman–Crippen LogP) is 0.973. The van der Waals surface area contributed by atoms with Crippen LogP contribution in [-0.2, 0) is 21.1 Å². The molecule has 7 nitrogen and oxygen atoms in total. The van der Waals surface area contributed by atoms with Gasteiger partial charge in [-0.2, -0.15) is 0 Å². The summed E-state index contributed by atoms with van der Waals surface area (Å²) in [6.07, 6.45) is 2.79. The van der Waals surface area contributed by atoms with E-state index in [1.54, 1.807) is 0 Å². The van der Waals surface area contributed by atoms with E-state index in [2.05, 4.69) is 10.2 Å². The maximum atomic E-state index is 11.3. The highest BCUT2D eigenvalue weighted by Gasteiger charge is 2.23. The summed E-state index contributed by atoms with van der Waals surface area (Å²) in [6.45, 7) is 1.48. The third-order valence-electron chi connectivity index (χ3n) is 2.50. The molecular weight excluding hydrogens is 260 g/mol. The van der Waals surface area contributed by atoms with Crippen molar-refractivity contribution in [3.63, 3.8) is 0 Å². The quantitative estimate of drug-likeness (QED) is 0.739. The first kappa shape index (κ1) is 14.6. The maximum Gasteiger partial charge on any atom is 0.303 e. The second-order valence-corrected chi connectivity index (χ2v) is 6.47. The number of aryl methyl sites for hydroxylation is 1. The Balaban J connectivity index is 2.51. The van der Waals surface area contributed by atoms with Crippen LogP contribution in [0.15, 0.2) is 4.42 Å². The van der Waals surface area contributed by atoms with E-state index in [-0.39, 0.29) is 12.3 Å². The number of aliphatic carboxylic acids is 1. The molecule has 0 radical (unpaired) electrons. The van der Waals surface area contributed by atoms with Gasteiger partial charge in [0, 0.05) is 19.1 Å². The average Bonchev–Trinajstić information content (AvgIpc) is 2.70. The number of sulfone groups is 1. The van der Waals surface area contributed by atoms with Crippen molar-refractivity contribution in [3.05, 3.63) is 11.8 Å². The number of aromatic nitrogens is 2. The van der Waals surface area contributed by atoms with E-state index in [9.17, 15) is 13.2 Å². The Morgan fingerprint density at radius 2 is 2.06 bits per heavy atom. The van der Waals surface area contributed by atoms with E-state index in [0.717, 1.165) is 6.26 Å². The van der Waals surface area contributed by atoms with Crippen LogP contribution in [-0.4, -0.2) is 35.9 Å². The van der Waals surface area contributed by atoms with Gasteiger partial charge in [0.05, 0.1) is 0 Å². The standard InChI is InChI=1S/C10H16N2O5S/c1-7(18(2,15)16)10-12-11-8(17-10)5-3-4-6-9(13)14/h7H,3-6H2,1-2H3,(H,13,14). The van der Waals surface area contributed by atoms with Gasteiger partial charge >= 0.3 is 5.97 Å². The zero-order valence-electron chi connectivity index (χ0n) is 10.3. The van der Waals surface area contributed by atoms with Crippen LogP contribution >= 0.6 is 0 Å². The van der Waals surface area contributed by atoms with Crippen molar-refractivity contribution in [1.29, 1.82) is 0 Å². The molecule has 0 bridgehead atoms. The minimum absolute atomic E-state index is 0.0748. The van der Waals surface area contributed by atoms with Crippen molar-refractivity contribution in [2.45, 2.75) is 37.9 Å². The fourth-order valence-electron chi connectivity index (χ4n) is 1.27. The van der Waals surface area contributed by atoms with Crippen LogP contribution < -0.4 is 0 Å². The Hall–Kier alpha value is -1.44. The number of carboxylic acid groups (broad SMARTS) is 1. The second-order valence-electron chi connectivity index (χ2n) is 4.11. The smallest absolute Gasteiger partial charge is 0.303 e. The first-order valence-electron chi connectivity index (χ1n) is 5.53. The lowest BCUT2D eigenvalue weighted by Gasteiger charge is -2.02. The number of carboxylic acids is 1. The summed E-state index contributed by atoms with van der Waals surface area (Å²) >= 11 is 0. The van der Waals surface area contributed by atoms with Crippen LogP contribution in [0.3, 0.4) is 0 Å². The molecule has 0 amide bonds. The molecule has 0 fully saturated rings. The lowest BCUT2D eigenvalue weighted by molar-refractivity contribution is -0.137. The van der Waals surface area contributed by atoms with Gasteiger partial charge in [-0.05, 0) is 19.8 Å². The van der Waals surface area contributed by atoms with Crippen molar-refractivity contribution in [1.82, 2.24) is 10.2 Å². The largest absolute Gasteiger partial charge is 0.481 e. The SMILES string of the molecule is CC(c1nnc(CCCCC(=O)O)o1)S(C)(=O)=O. The molecule has 1 heterocycles. The monoisotopic (exact) mass is 276 g/mol. The van der Waals surface area contributed by atoms with E-state index >= 15 is 0 Å². The van der Waals surface area contributed by atoms with Crippen molar-refractivity contribution < 1.29 is 22.7 Å². The molecule has 0 spiro atoms. The Morgan fingerprint density at radius 1 is 1.39 bits per heavy atom. The van der Waals surface area contributed by atoms with Gasteiger partial charge in [-0.15, -0.1) is 10.2 Å². The molecule has 102 valence electrons. The van der Waals surface area contributed by atoms with Crippen molar-refractivity contribution in [2.24, 2.45) is 0 Å². The molecule has 1 aromatic rings. The minimum atomic E-state index is -3.25. The number of unbranched alkanes of at least 4 members (excludes halogenated alkanes) is 1. The number of nitrogens with zero attached hydrogens (tertiary/aromatic N) is 2. The molecule has 0 aliphatic carbocycles. The number of rotatable bonds is 7. The highest BCUT2D eigenvalue weighted by molar-refractivity contribution is 7.90. The van der Waals surface area contributed by atoms with Gasteiger partial charge < -0.3 is 9.52 Å². The summed E-state index contributed by atoms with van der Waals surface area (Å²) < 4.78 is 27.8. The molecule has 0 saturated carbocycles. The van der Waals surface area contributed by atoms with Crippen LogP contribution in [0.5, 0.6) is 0 Å². The first-order chi connectivity index (χ1) is 8.30. The third-order valence-corrected chi connectivity index (χ3v) is 3.99. The van der Waals surface area contributed by atoms with Gasteiger partial charge in [0.1, 0.15) is 5.25 Å². The molecule has 0 aliphatic rings. The summed E-state index contributed by atoms with van der Waals surface area (Å²) in [5.74, 6) is -0.427. The average molecular weight is 276 g/mol. The minimum Gasteiger partial charge on any atom is -0.481 e. The molecule has 1 atom stereocenters. The maximum absolute atomic E-state index is 11.3. The van der Waals surface area contributed by atoms with E-state index in [1.165, 1.54) is 6.92 Å². The Bertz CT molecular complexity index is 508. The molecule has 0 saturated heterocycles. The van der Waals surface area contributed by atoms with Gasteiger partial charge in [-0.25, -0.2) is 8.42 Å². The molecule has 8 heteroatoms. The zero-order valence-corrected chi connectivity index (χ0v) is 11.1. The van der Waals surface area contributed by atoms with Gasteiger partial charge in [0.25, 0.3) is 0 Å². The summed E-state index contributed by atoms with van der Waals surface area (Å²) in [5.41, 5.74) is 0. The normalized spacial score (nSPS) is 13.4. The van der Waals surface area contributed by atoms with E-state index in [0.29, 0.717) is 25.2 Å². The van der Waals surface area contributed by atoms with Crippen LogP contribution in [0.1, 0.15) is 43.2 Å². The molecule has 18 heavy (non-hydrogen) atoms. The van der Waals surface area contributed by atoms with Crippen LogP contribution in [0.25, 0.3) is 0 Å². The van der Waals surface area contributed by atoms with E-state index in [1.807, 2.05) is 0 Å². The van der Waals surface area contributed by atoms with Crippen LogP contribution in [0.2, 0.25) is 0 Å². The molecule has 0 aliphatic heterocycles. The third kappa shape index (κ3) is 4.44. The summed E-state index contributed by atoms with van der Waals surface area (Å²) in [4.78, 5) is 10.3. The van der Waals surface area contributed by atoms with Gasteiger partial charge in [0.15, 0.2) is 9.84 Å². The highest BCUT2D eigenvalue weighted by Crippen LogP contribution is 2.19. The van der Waals surface area contributed by atoms with Crippen molar-refractivity contribution >= 4 is 15.8 Å². The first-order valence-corrected chi connectivity index (χ1v) is 7.49. The predicted molar refractivity (Wildman–Crippen MR) is 62.7 cm³/mol. The fourth-order valence-corrected chi connectivity index (χ4v) is 1.73. The van der Waals surface area contributed by atoms with Crippen molar-refractivity contribution in [3.8, 4) is 0 Å². The molecule has 1 N–H and O–H groups in total. The lowest BCUT2D eigenvalue weighted by atomic mass is 10.2. The molecular formula is C10H16N2O5S. The Labute approximate surface area is 105 Å². The molecule has 0 aromatic carbocycles. The van der Waals surface area contributed by atoms with E-state index < -0.39 is 21.1 Å². The fraction of sp³-hybridized carbons (Fsp3) is 0.700. The van der Waals surface area contributed by atoms with Gasteiger partial charge in [-0.1, -0.05) is 0 Å². The Kier molecular flexibility index (Phi) is 4.83. The lowest BCUT2D eigenvalue weighted by Crippen LogP contribution is -2.07. The number of hydrogen-bond acceptors (Lipinski definition) is 6. The molecule has 1 aromatic heterocycles.